The first-order valence-corrected chi connectivity index (χ1v) is 3.68. The molecular weight excluding hydrogens is 170 g/mol. The van der Waals surface area contributed by atoms with E-state index in [0.29, 0.717) is 0 Å². The summed E-state index contributed by atoms with van der Waals surface area (Å²) in [5, 5.41) is 1.25. The molecule has 0 saturated heterocycles. The molecule has 0 amide bonds. The van der Waals surface area contributed by atoms with Gasteiger partial charge in [0.1, 0.15) is 0 Å². The van der Waals surface area contributed by atoms with Crippen LogP contribution in [-0.4, -0.2) is 4.98 Å². The van der Waals surface area contributed by atoms with E-state index in [1.165, 1.54) is 10.9 Å². The van der Waals surface area contributed by atoms with E-state index in [1.807, 2.05) is 30.5 Å². The molecule has 1 nitrogen and oxygen atoms in total. The van der Waals surface area contributed by atoms with Crippen LogP contribution < -0.4 is 0 Å². The molecule has 0 unspecified atom stereocenters. The monoisotopic (exact) mass is 179 g/mol. The van der Waals surface area contributed by atoms with Crippen molar-refractivity contribution in [2.45, 2.75) is 6.92 Å². The van der Waals surface area contributed by atoms with Gasteiger partial charge < -0.3 is 0 Å². The molecule has 1 aromatic heterocycles. The Kier molecular flexibility index (Phi) is 2.66. The number of fused-ring (bicyclic) bond motifs is 1. The number of benzene rings is 1. The van der Waals surface area contributed by atoms with Gasteiger partial charge in [-0.25, -0.2) is 0 Å². The van der Waals surface area contributed by atoms with Gasteiger partial charge >= 0.3 is 0 Å². The number of nitrogens with zero attached hydrogens (tertiary/aromatic N) is 1. The molecule has 62 valence electrons. The summed E-state index contributed by atoms with van der Waals surface area (Å²) in [4.78, 5) is 4.24. The van der Waals surface area contributed by atoms with Gasteiger partial charge in [0.25, 0.3) is 0 Å². The SMILES string of the molecule is Cc1ccnc2ccccc12.Cl. The van der Waals surface area contributed by atoms with E-state index < -0.39 is 0 Å². The molecular formula is C10H10ClN. The molecule has 0 atom stereocenters. The predicted molar refractivity (Wildman–Crippen MR) is 53.7 cm³/mol. The lowest BCUT2D eigenvalue weighted by Gasteiger charge is -1.97. The number of para-hydroxylation sites is 1. The van der Waals surface area contributed by atoms with Crippen LogP contribution in [0.15, 0.2) is 36.5 Å². The van der Waals surface area contributed by atoms with Crippen molar-refractivity contribution in [1.82, 2.24) is 4.98 Å². The van der Waals surface area contributed by atoms with Crippen LogP contribution in [0.2, 0.25) is 0 Å². The van der Waals surface area contributed by atoms with Crippen LogP contribution in [0.25, 0.3) is 10.9 Å². The normalized spacial score (nSPS) is 9.42. The van der Waals surface area contributed by atoms with Crippen molar-refractivity contribution in [3.63, 3.8) is 0 Å². The number of aryl methyl sites for hydroxylation is 1. The second-order valence-electron chi connectivity index (χ2n) is 2.64. The van der Waals surface area contributed by atoms with Crippen molar-refractivity contribution in [2.75, 3.05) is 0 Å². The minimum absolute atomic E-state index is 0. The Hall–Kier alpha value is -1.08. The molecule has 0 aliphatic heterocycles. The van der Waals surface area contributed by atoms with Gasteiger partial charge in [-0.15, -0.1) is 12.4 Å². The van der Waals surface area contributed by atoms with E-state index in [1.54, 1.807) is 0 Å². The van der Waals surface area contributed by atoms with Crippen LogP contribution >= 0.6 is 12.4 Å². The lowest BCUT2D eigenvalue weighted by molar-refractivity contribution is 1.37. The number of pyridine rings is 1. The molecule has 1 aromatic carbocycles. The standard InChI is InChI=1S/C10H9N.ClH/c1-8-6-7-11-10-5-3-2-4-9(8)10;/h2-7H,1H3;1H. The van der Waals surface area contributed by atoms with Crippen molar-refractivity contribution in [3.8, 4) is 0 Å². The Morgan fingerprint density at radius 2 is 1.83 bits per heavy atom. The fourth-order valence-electron chi connectivity index (χ4n) is 1.24. The second kappa shape index (κ2) is 3.55. The van der Waals surface area contributed by atoms with Crippen molar-refractivity contribution < 1.29 is 0 Å². The first-order chi connectivity index (χ1) is 5.38. The molecule has 2 rings (SSSR count). The summed E-state index contributed by atoms with van der Waals surface area (Å²) in [7, 11) is 0. The van der Waals surface area contributed by atoms with Crippen LogP contribution in [0.5, 0.6) is 0 Å². The zero-order valence-electron chi connectivity index (χ0n) is 6.82. The quantitative estimate of drug-likeness (QED) is 0.606. The van der Waals surface area contributed by atoms with Crippen LogP contribution in [0, 0.1) is 6.92 Å². The smallest absolute Gasteiger partial charge is 0.0704 e. The molecule has 0 N–H and O–H groups in total. The highest BCUT2D eigenvalue weighted by atomic mass is 35.5. The molecule has 0 bridgehead atoms. The van der Waals surface area contributed by atoms with Gasteiger partial charge in [-0.3, -0.25) is 4.98 Å². The summed E-state index contributed by atoms with van der Waals surface area (Å²) in [6, 6.07) is 10.2. The highest BCUT2D eigenvalue weighted by molar-refractivity contribution is 5.85. The molecule has 0 aliphatic carbocycles. The molecule has 1 heterocycles. The van der Waals surface area contributed by atoms with Crippen molar-refractivity contribution in [2.24, 2.45) is 0 Å². The third kappa shape index (κ3) is 1.41. The Morgan fingerprint density at radius 1 is 1.08 bits per heavy atom. The van der Waals surface area contributed by atoms with E-state index in [2.05, 4.69) is 18.0 Å². The third-order valence-corrected chi connectivity index (χ3v) is 1.87. The fraction of sp³-hybridized carbons (Fsp3) is 0.100. The molecule has 12 heavy (non-hydrogen) atoms. The minimum Gasteiger partial charge on any atom is -0.256 e. The summed E-state index contributed by atoms with van der Waals surface area (Å²) in [5.41, 5.74) is 2.36. The highest BCUT2D eigenvalue weighted by Gasteiger charge is 1.93. The number of halogens is 1. The fourth-order valence-corrected chi connectivity index (χ4v) is 1.24. The number of rotatable bonds is 0. The van der Waals surface area contributed by atoms with E-state index in [0.717, 1.165) is 5.52 Å². The minimum atomic E-state index is 0. The van der Waals surface area contributed by atoms with E-state index >= 15 is 0 Å². The molecule has 0 aliphatic rings. The summed E-state index contributed by atoms with van der Waals surface area (Å²) in [5.74, 6) is 0. The highest BCUT2D eigenvalue weighted by Crippen LogP contribution is 2.13. The second-order valence-corrected chi connectivity index (χ2v) is 2.64. The van der Waals surface area contributed by atoms with Crippen molar-refractivity contribution in [3.05, 3.63) is 42.1 Å². The van der Waals surface area contributed by atoms with Gasteiger partial charge in [-0.2, -0.15) is 0 Å². The molecule has 0 saturated carbocycles. The maximum atomic E-state index is 4.24. The lowest BCUT2D eigenvalue weighted by Crippen LogP contribution is -1.79. The predicted octanol–water partition coefficient (Wildman–Crippen LogP) is 2.97. The zero-order valence-corrected chi connectivity index (χ0v) is 7.64. The molecule has 2 heteroatoms. The lowest BCUT2D eigenvalue weighted by atomic mass is 10.1. The Labute approximate surface area is 77.9 Å². The van der Waals surface area contributed by atoms with Gasteiger partial charge in [0.15, 0.2) is 0 Å². The Balaban J connectivity index is 0.000000720. The summed E-state index contributed by atoms with van der Waals surface area (Å²) in [6.45, 7) is 2.10. The average Bonchev–Trinajstić information content (AvgIpc) is 2.06. The van der Waals surface area contributed by atoms with Crippen LogP contribution in [0.4, 0.5) is 0 Å². The molecule has 2 aromatic rings. The van der Waals surface area contributed by atoms with Crippen molar-refractivity contribution >= 4 is 23.3 Å². The van der Waals surface area contributed by atoms with Gasteiger partial charge in [0, 0.05) is 11.6 Å². The van der Waals surface area contributed by atoms with E-state index in [9.17, 15) is 0 Å². The summed E-state index contributed by atoms with van der Waals surface area (Å²) >= 11 is 0. The molecule has 0 radical (unpaired) electrons. The Morgan fingerprint density at radius 3 is 2.58 bits per heavy atom. The van der Waals surface area contributed by atoms with Gasteiger partial charge in [-0.05, 0) is 24.6 Å². The Bertz CT molecular complexity index is 379. The van der Waals surface area contributed by atoms with E-state index in [-0.39, 0.29) is 12.4 Å². The number of hydrogen-bond acceptors (Lipinski definition) is 1. The van der Waals surface area contributed by atoms with Crippen LogP contribution in [-0.2, 0) is 0 Å². The summed E-state index contributed by atoms with van der Waals surface area (Å²) < 4.78 is 0. The number of hydrogen-bond donors (Lipinski definition) is 0. The average molecular weight is 180 g/mol. The van der Waals surface area contributed by atoms with Crippen molar-refractivity contribution in [1.29, 1.82) is 0 Å². The topological polar surface area (TPSA) is 12.9 Å². The molecule has 0 spiro atoms. The van der Waals surface area contributed by atoms with Gasteiger partial charge in [-0.1, -0.05) is 18.2 Å². The van der Waals surface area contributed by atoms with Crippen LogP contribution in [0.1, 0.15) is 5.56 Å². The first-order valence-electron chi connectivity index (χ1n) is 3.68. The largest absolute Gasteiger partial charge is 0.256 e. The zero-order chi connectivity index (χ0) is 7.68. The van der Waals surface area contributed by atoms with E-state index in [4.69, 9.17) is 0 Å². The number of aromatic nitrogens is 1. The molecule has 0 fully saturated rings. The maximum absolute atomic E-state index is 4.24. The first kappa shape index (κ1) is 9.01. The van der Waals surface area contributed by atoms with Gasteiger partial charge in [0.2, 0.25) is 0 Å². The van der Waals surface area contributed by atoms with Crippen LogP contribution in [0.3, 0.4) is 0 Å². The maximum Gasteiger partial charge on any atom is 0.0704 e. The third-order valence-electron chi connectivity index (χ3n) is 1.87. The van der Waals surface area contributed by atoms with Gasteiger partial charge in [0.05, 0.1) is 5.52 Å². The summed E-state index contributed by atoms with van der Waals surface area (Å²) in [6.07, 6.45) is 1.84.